The van der Waals surface area contributed by atoms with E-state index >= 15 is 0 Å². The molecule has 0 bridgehead atoms. The number of ether oxygens (including phenoxy) is 1. The Morgan fingerprint density at radius 3 is 2.66 bits per heavy atom. The van der Waals surface area contributed by atoms with Crippen molar-refractivity contribution < 1.29 is 19.2 Å². The first-order valence-corrected chi connectivity index (χ1v) is 8.92. The molecule has 0 aliphatic carbocycles. The molecule has 3 rings (SSSR count). The second-order valence-electron chi connectivity index (χ2n) is 6.56. The van der Waals surface area contributed by atoms with Crippen molar-refractivity contribution in [3.63, 3.8) is 0 Å². The molecule has 2 amide bonds. The van der Waals surface area contributed by atoms with Gasteiger partial charge in [0.05, 0.1) is 17.7 Å². The first-order chi connectivity index (χ1) is 13.9. The van der Waals surface area contributed by atoms with E-state index in [1.165, 1.54) is 19.2 Å². The number of carbonyl (C=O) groups is 2. The van der Waals surface area contributed by atoms with E-state index in [1.807, 2.05) is 30.3 Å². The van der Waals surface area contributed by atoms with Crippen LogP contribution >= 0.6 is 0 Å². The van der Waals surface area contributed by atoms with Gasteiger partial charge in [0.15, 0.2) is 5.75 Å². The summed E-state index contributed by atoms with van der Waals surface area (Å²) < 4.78 is 4.98. The van der Waals surface area contributed by atoms with Gasteiger partial charge < -0.3 is 10.1 Å². The molecule has 29 heavy (non-hydrogen) atoms. The van der Waals surface area contributed by atoms with Crippen LogP contribution in [0, 0.1) is 16.0 Å². The Morgan fingerprint density at radius 2 is 2.00 bits per heavy atom. The number of amides is 2. The molecule has 1 heterocycles. The van der Waals surface area contributed by atoms with Crippen LogP contribution in [0.1, 0.15) is 24.0 Å². The maximum absolute atomic E-state index is 12.6. The van der Waals surface area contributed by atoms with Gasteiger partial charge in [-0.05, 0) is 24.6 Å². The van der Waals surface area contributed by atoms with E-state index in [9.17, 15) is 19.7 Å². The number of benzene rings is 2. The molecular formula is C20H20N4O5. The minimum absolute atomic E-state index is 0.129. The summed E-state index contributed by atoms with van der Waals surface area (Å²) in [5.41, 5.74) is 3.91. The van der Waals surface area contributed by atoms with Crippen molar-refractivity contribution >= 4 is 23.2 Å². The molecule has 9 nitrogen and oxygen atoms in total. The number of nitro benzene ring substituents is 1. The third kappa shape index (κ3) is 4.23. The van der Waals surface area contributed by atoms with Crippen LogP contribution in [0.5, 0.6) is 5.75 Å². The highest BCUT2D eigenvalue weighted by Gasteiger charge is 2.41. The first kappa shape index (κ1) is 20.0. The Balaban J connectivity index is 1.78. The van der Waals surface area contributed by atoms with Crippen LogP contribution in [0.25, 0.3) is 0 Å². The van der Waals surface area contributed by atoms with Crippen molar-refractivity contribution in [3.8, 4) is 5.75 Å². The summed E-state index contributed by atoms with van der Waals surface area (Å²) in [7, 11) is 1.35. The van der Waals surface area contributed by atoms with Gasteiger partial charge in [0.25, 0.3) is 5.91 Å². The molecule has 2 aromatic carbocycles. The second-order valence-corrected chi connectivity index (χ2v) is 6.56. The molecule has 9 heteroatoms. The molecule has 0 unspecified atom stereocenters. The molecular weight excluding hydrogens is 376 g/mol. The quantitative estimate of drug-likeness (QED) is 0.334. The zero-order chi connectivity index (χ0) is 21.0. The fraction of sp³-hybridized carbons (Fsp3) is 0.250. The second kappa shape index (κ2) is 8.51. The van der Waals surface area contributed by atoms with E-state index in [2.05, 4.69) is 15.8 Å². The van der Waals surface area contributed by atoms with Crippen LogP contribution in [0.15, 0.2) is 53.6 Å². The molecule has 2 N–H and O–H groups in total. The number of methoxy groups -OCH3 is 1. The standard InChI is InChI=1S/C20H20N4O5/c1-12(14-8-9-17(29-2)16(10-14)24(27)28)22-23-20(26)18-15(11-21-19(18)25)13-6-4-3-5-7-13/h3-10,15,18H,11H2,1-2H3,(H,21,25)(H,23,26)/b22-12-/t15-,18-/m1/s1. The monoisotopic (exact) mass is 396 g/mol. The van der Waals surface area contributed by atoms with Gasteiger partial charge in [0.2, 0.25) is 5.91 Å². The van der Waals surface area contributed by atoms with Crippen molar-refractivity contribution in [1.82, 2.24) is 10.7 Å². The maximum Gasteiger partial charge on any atom is 0.311 e. The molecule has 0 aromatic heterocycles. The van der Waals surface area contributed by atoms with E-state index in [1.54, 1.807) is 13.0 Å². The molecule has 1 fully saturated rings. The molecule has 1 aliphatic rings. The summed E-state index contributed by atoms with van der Waals surface area (Å²) in [6, 6.07) is 13.7. The van der Waals surface area contributed by atoms with Gasteiger partial charge in [-0.3, -0.25) is 19.7 Å². The maximum atomic E-state index is 12.6. The summed E-state index contributed by atoms with van der Waals surface area (Å²) in [5, 5.41) is 17.9. The van der Waals surface area contributed by atoms with Gasteiger partial charge in [0.1, 0.15) is 5.92 Å². The van der Waals surface area contributed by atoms with Crippen LogP contribution in [0.3, 0.4) is 0 Å². The lowest BCUT2D eigenvalue weighted by atomic mass is 9.88. The molecule has 150 valence electrons. The van der Waals surface area contributed by atoms with Gasteiger partial charge in [-0.2, -0.15) is 5.10 Å². The normalized spacial score (nSPS) is 18.8. The van der Waals surface area contributed by atoms with E-state index in [0.717, 1.165) is 5.56 Å². The van der Waals surface area contributed by atoms with E-state index in [0.29, 0.717) is 17.8 Å². The number of nitro groups is 1. The van der Waals surface area contributed by atoms with Crippen molar-refractivity contribution in [2.24, 2.45) is 11.0 Å². The Hall–Kier alpha value is -3.75. The van der Waals surface area contributed by atoms with Gasteiger partial charge >= 0.3 is 5.69 Å². The van der Waals surface area contributed by atoms with Crippen molar-refractivity contribution in [3.05, 3.63) is 69.8 Å². The van der Waals surface area contributed by atoms with Crippen molar-refractivity contribution in [2.45, 2.75) is 12.8 Å². The van der Waals surface area contributed by atoms with Crippen LogP contribution in [-0.2, 0) is 9.59 Å². The van der Waals surface area contributed by atoms with Crippen LogP contribution in [0.2, 0.25) is 0 Å². The predicted molar refractivity (Wildman–Crippen MR) is 106 cm³/mol. The lowest BCUT2D eigenvalue weighted by Gasteiger charge is -2.15. The first-order valence-electron chi connectivity index (χ1n) is 8.92. The van der Waals surface area contributed by atoms with Gasteiger partial charge in [-0.25, -0.2) is 5.43 Å². The number of hydrazone groups is 1. The minimum atomic E-state index is -0.904. The summed E-state index contributed by atoms with van der Waals surface area (Å²) in [6.45, 7) is 1.98. The summed E-state index contributed by atoms with van der Waals surface area (Å²) in [5.74, 6) is -1.95. The van der Waals surface area contributed by atoms with Gasteiger partial charge in [-0.15, -0.1) is 0 Å². The van der Waals surface area contributed by atoms with Crippen LogP contribution in [-0.4, -0.2) is 36.1 Å². The lowest BCUT2D eigenvalue weighted by Crippen LogP contribution is -2.35. The predicted octanol–water partition coefficient (Wildman–Crippen LogP) is 1.97. The SMILES string of the molecule is COc1ccc(/C(C)=N\NC(=O)[C@H]2C(=O)NC[C@@H]2c2ccccc2)cc1[N+](=O)[O-]. The van der Waals surface area contributed by atoms with Crippen molar-refractivity contribution in [2.75, 3.05) is 13.7 Å². The average Bonchev–Trinajstić information content (AvgIpc) is 3.13. The van der Waals surface area contributed by atoms with Gasteiger partial charge in [-0.1, -0.05) is 30.3 Å². The minimum Gasteiger partial charge on any atom is -0.490 e. The van der Waals surface area contributed by atoms with E-state index < -0.39 is 16.7 Å². The van der Waals surface area contributed by atoms with E-state index in [-0.39, 0.29) is 23.3 Å². The fourth-order valence-corrected chi connectivity index (χ4v) is 3.26. The number of nitrogens with zero attached hydrogens (tertiary/aromatic N) is 2. The molecule has 0 radical (unpaired) electrons. The highest BCUT2D eigenvalue weighted by molar-refractivity contribution is 6.04. The topological polar surface area (TPSA) is 123 Å². The third-order valence-electron chi connectivity index (χ3n) is 4.82. The molecule has 0 spiro atoms. The van der Waals surface area contributed by atoms with Crippen LogP contribution in [0.4, 0.5) is 5.69 Å². The average molecular weight is 396 g/mol. The zero-order valence-electron chi connectivity index (χ0n) is 15.9. The summed E-state index contributed by atoms with van der Waals surface area (Å²) >= 11 is 0. The Bertz CT molecular complexity index is 974. The number of rotatable bonds is 6. The summed E-state index contributed by atoms with van der Waals surface area (Å²) in [4.78, 5) is 35.5. The van der Waals surface area contributed by atoms with Crippen molar-refractivity contribution in [1.29, 1.82) is 0 Å². The molecule has 0 saturated carbocycles. The molecule has 2 atom stereocenters. The molecule has 2 aromatic rings. The number of carbonyl (C=O) groups excluding carboxylic acids is 2. The van der Waals surface area contributed by atoms with Gasteiger partial charge in [0, 0.05) is 24.1 Å². The Labute approximate surface area is 166 Å². The highest BCUT2D eigenvalue weighted by Crippen LogP contribution is 2.29. The highest BCUT2D eigenvalue weighted by atomic mass is 16.6. The third-order valence-corrected chi connectivity index (χ3v) is 4.82. The Morgan fingerprint density at radius 1 is 1.28 bits per heavy atom. The number of hydrogen-bond acceptors (Lipinski definition) is 6. The Kier molecular flexibility index (Phi) is 5.87. The molecule has 1 aliphatic heterocycles. The molecule has 1 saturated heterocycles. The number of hydrogen-bond donors (Lipinski definition) is 2. The zero-order valence-corrected chi connectivity index (χ0v) is 15.9. The van der Waals surface area contributed by atoms with Crippen LogP contribution < -0.4 is 15.5 Å². The number of nitrogens with one attached hydrogen (secondary N) is 2. The lowest BCUT2D eigenvalue weighted by molar-refractivity contribution is -0.385. The largest absolute Gasteiger partial charge is 0.490 e. The summed E-state index contributed by atoms with van der Waals surface area (Å²) in [6.07, 6.45) is 0. The fourth-order valence-electron chi connectivity index (χ4n) is 3.26. The smallest absolute Gasteiger partial charge is 0.311 e. The van der Waals surface area contributed by atoms with E-state index in [4.69, 9.17) is 4.74 Å².